The summed E-state index contributed by atoms with van der Waals surface area (Å²) < 4.78 is 0. The molecule has 0 aliphatic rings. The van der Waals surface area contributed by atoms with Gasteiger partial charge in [-0.1, -0.05) is 0 Å². The van der Waals surface area contributed by atoms with Crippen LogP contribution in [-0.4, -0.2) is 83.2 Å². The van der Waals surface area contributed by atoms with E-state index in [4.69, 9.17) is 46.0 Å². The van der Waals surface area contributed by atoms with Crippen molar-refractivity contribution in [2.45, 2.75) is 6.10 Å². The molecule has 0 heterocycles. The second-order valence-corrected chi connectivity index (χ2v) is 3.27. The van der Waals surface area contributed by atoms with E-state index in [-0.39, 0.29) is 13.2 Å². The van der Waals surface area contributed by atoms with E-state index >= 15 is 0 Å². The van der Waals surface area contributed by atoms with E-state index in [0.717, 1.165) is 0 Å². The third-order valence-corrected chi connectivity index (χ3v) is 1.16. The lowest BCUT2D eigenvalue weighted by Crippen LogP contribution is -2.15. The van der Waals surface area contributed by atoms with Gasteiger partial charge >= 0.3 is 17.9 Å². The van der Waals surface area contributed by atoms with Crippen molar-refractivity contribution in [1.82, 2.24) is 0 Å². The summed E-state index contributed by atoms with van der Waals surface area (Å²) >= 11 is 0. The van der Waals surface area contributed by atoms with Crippen LogP contribution in [0.5, 0.6) is 0 Å². The molecular formula is C12H20O12. The third-order valence-electron chi connectivity index (χ3n) is 1.16. The number of hydrogen-bond acceptors (Lipinski definition) is 9. The highest BCUT2D eigenvalue weighted by atomic mass is 16.4. The summed E-state index contributed by atoms with van der Waals surface area (Å²) in [5.41, 5.74) is 0. The highest BCUT2D eigenvalue weighted by Gasteiger charge is 1.95. The predicted molar refractivity (Wildman–Crippen MR) is 78.4 cm³/mol. The van der Waals surface area contributed by atoms with E-state index in [0.29, 0.717) is 0 Å². The predicted octanol–water partition coefficient (Wildman–Crippen LogP) is -1.24. The Morgan fingerprint density at radius 1 is 0.625 bits per heavy atom. The van der Waals surface area contributed by atoms with Crippen LogP contribution in [0.2, 0.25) is 0 Å². The van der Waals surface area contributed by atoms with Gasteiger partial charge in [0, 0.05) is 0 Å². The van der Waals surface area contributed by atoms with Crippen LogP contribution >= 0.6 is 0 Å². The molecule has 0 radical (unpaired) electrons. The van der Waals surface area contributed by atoms with E-state index in [1.165, 1.54) is 0 Å². The maximum atomic E-state index is 9.35. The molecule has 0 aromatic carbocycles. The molecule has 0 saturated carbocycles. The molecule has 12 heteroatoms. The van der Waals surface area contributed by atoms with Gasteiger partial charge in [-0.05, 0) is 19.7 Å². The van der Waals surface area contributed by atoms with Crippen LogP contribution in [0.3, 0.4) is 0 Å². The van der Waals surface area contributed by atoms with Crippen LogP contribution in [0.25, 0.3) is 0 Å². The number of hydrogen-bond donors (Lipinski definition) is 9. The quantitative estimate of drug-likeness (QED) is 0.208. The normalized spacial score (nSPS) is 8.00. The molecule has 0 amide bonds. The van der Waals surface area contributed by atoms with Gasteiger partial charge in [0.2, 0.25) is 0 Å². The molecule has 0 aliphatic heterocycles. The van der Waals surface area contributed by atoms with Crippen LogP contribution in [-0.2, 0) is 14.4 Å². The number of rotatable bonds is 5. The summed E-state index contributed by atoms with van der Waals surface area (Å²) in [6, 6.07) is 0. The van der Waals surface area contributed by atoms with Gasteiger partial charge in [-0.3, -0.25) is 0 Å². The molecule has 0 spiro atoms. The smallest absolute Gasteiger partial charge is 0.370 e. The first-order valence-corrected chi connectivity index (χ1v) is 5.47. The van der Waals surface area contributed by atoms with E-state index in [1.54, 1.807) is 0 Å². The molecule has 0 bridgehead atoms. The van der Waals surface area contributed by atoms with Crippen molar-refractivity contribution in [3.05, 3.63) is 37.0 Å². The number of carboxylic acid groups (broad SMARTS) is 3. The first-order valence-electron chi connectivity index (χ1n) is 5.47. The summed E-state index contributed by atoms with van der Waals surface area (Å²) in [6.07, 6.45) is -0.954. The Morgan fingerprint density at radius 2 is 0.750 bits per heavy atom. The Bertz CT molecular complexity index is 342. The lowest BCUT2D eigenvalue weighted by atomic mass is 10.4. The average Bonchev–Trinajstić information content (AvgIpc) is 2.47. The Labute approximate surface area is 135 Å². The summed E-state index contributed by atoms with van der Waals surface area (Å²) in [5, 5.41) is 70.4. The van der Waals surface area contributed by atoms with Crippen molar-refractivity contribution in [3.63, 3.8) is 0 Å². The third kappa shape index (κ3) is 36.4. The van der Waals surface area contributed by atoms with Crippen LogP contribution in [0.15, 0.2) is 37.0 Å². The molecule has 0 atom stereocenters. The lowest BCUT2D eigenvalue weighted by molar-refractivity contribution is -0.136. The van der Waals surface area contributed by atoms with Gasteiger partial charge in [0.25, 0.3) is 0 Å². The molecule has 9 N–H and O–H groups in total. The van der Waals surface area contributed by atoms with Crippen LogP contribution < -0.4 is 0 Å². The van der Waals surface area contributed by atoms with Crippen LogP contribution in [0.1, 0.15) is 0 Å². The van der Waals surface area contributed by atoms with Gasteiger partial charge in [0.05, 0.1) is 13.2 Å². The summed E-state index contributed by atoms with van der Waals surface area (Å²) in [4.78, 5) is 28.0. The van der Waals surface area contributed by atoms with E-state index in [1.807, 2.05) is 0 Å². The van der Waals surface area contributed by atoms with Crippen molar-refractivity contribution in [1.29, 1.82) is 0 Å². The molecule has 24 heavy (non-hydrogen) atoms. The topological polar surface area (TPSA) is 233 Å². The highest BCUT2D eigenvalue weighted by molar-refractivity contribution is 5.83. The molecule has 0 rings (SSSR count). The molecule has 12 nitrogen and oxygen atoms in total. The molecule has 0 aromatic rings. The fourth-order valence-electron chi connectivity index (χ4n) is 0.0577. The van der Waals surface area contributed by atoms with Gasteiger partial charge < -0.3 is 46.0 Å². The Morgan fingerprint density at radius 3 is 0.750 bits per heavy atom. The highest BCUT2D eigenvalue weighted by Crippen LogP contribution is 1.76. The van der Waals surface area contributed by atoms with Crippen molar-refractivity contribution in [2.75, 3.05) is 13.2 Å². The minimum absolute atomic E-state index is 0.365. The second-order valence-electron chi connectivity index (χ2n) is 3.27. The fourth-order valence-corrected chi connectivity index (χ4v) is 0.0577. The largest absolute Gasteiger partial charge is 0.502 e. The Balaban J connectivity index is -0.000000111. The lowest BCUT2D eigenvalue weighted by Gasteiger charge is -1.96. The van der Waals surface area contributed by atoms with Crippen molar-refractivity contribution in [2.24, 2.45) is 0 Å². The molecule has 0 unspecified atom stereocenters. The fraction of sp³-hybridized carbons (Fsp3) is 0.250. The Hall–Kier alpha value is -3.09. The second kappa shape index (κ2) is 18.0. The molecular weight excluding hydrogens is 336 g/mol. The average molecular weight is 356 g/mol. The first kappa shape index (κ1) is 29.0. The number of aliphatic hydroxyl groups is 6. The standard InChI is InChI=1S/C3H8O3.3C3H4O3/c4-1-3(6)2-5;3*1-2(4)3(5)6/h3-6H,1-2H2;3*4H,1H2,(H,5,6). The van der Waals surface area contributed by atoms with E-state index in [2.05, 4.69) is 19.7 Å². The van der Waals surface area contributed by atoms with Gasteiger partial charge in [-0.15, -0.1) is 0 Å². The molecule has 0 saturated heterocycles. The summed E-state index contributed by atoms with van der Waals surface area (Å²) in [7, 11) is 0. The number of aliphatic hydroxyl groups excluding tert-OH is 6. The van der Waals surface area contributed by atoms with Gasteiger partial charge in [0.1, 0.15) is 6.10 Å². The van der Waals surface area contributed by atoms with E-state index in [9.17, 15) is 14.4 Å². The van der Waals surface area contributed by atoms with Crippen molar-refractivity contribution in [3.8, 4) is 0 Å². The summed E-state index contributed by atoms with van der Waals surface area (Å²) in [5.74, 6) is -6.61. The van der Waals surface area contributed by atoms with Gasteiger partial charge in [-0.25, -0.2) is 14.4 Å². The van der Waals surface area contributed by atoms with E-state index < -0.39 is 41.3 Å². The monoisotopic (exact) mass is 356 g/mol. The van der Waals surface area contributed by atoms with Crippen LogP contribution in [0.4, 0.5) is 0 Å². The zero-order chi connectivity index (χ0) is 20.5. The number of carboxylic acids is 3. The molecule has 0 aromatic heterocycles. The number of carbonyl (C=O) groups is 3. The maximum absolute atomic E-state index is 9.35. The zero-order valence-electron chi connectivity index (χ0n) is 12.4. The molecule has 140 valence electrons. The van der Waals surface area contributed by atoms with Gasteiger partial charge in [-0.2, -0.15) is 0 Å². The zero-order valence-corrected chi connectivity index (χ0v) is 12.4. The molecule has 0 fully saturated rings. The molecule has 0 aliphatic carbocycles. The first-order chi connectivity index (χ1) is 10.7. The Kier molecular flexibility index (Phi) is 21.7. The maximum Gasteiger partial charge on any atom is 0.370 e. The minimum Gasteiger partial charge on any atom is -0.502 e. The van der Waals surface area contributed by atoms with Gasteiger partial charge in [0.15, 0.2) is 17.3 Å². The SMILES string of the molecule is C=C(O)C(=O)O.C=C(O)C(=O)O.C=C(O)C(=O)O.OCC(O)CO. The van der Waals surface area contributed by atoms with Crippen LogP contribution in [0, 0.1) is 0 Å². The van der Waals surface area contributed by atoms with Crippen molar-refractivity contribution >= 4 is 17.9 Å². The summed E-state index contributed by atoms with van der Waals surface area (Å²) in [6.45, 7) is 7.40. The number of aliphatic carboxylic acids is 3. The van der Waals surface area contributed by atoms with Crippen molar-refractivity contribution < 1.29 is 60.3 Å². The minimum atomic E-state index is -1.38.